The standard InChI is InChI=1S/C16H16BrNO/c1-11(2)13-3-5-14(6-4-13)16(19)8-12-7-15(17)10-18-9-12/h3-7,9-11H,8H2,1-2H3. The predicted molar refractivity (Wildman–Crippen MR) is 80.5 cm³/mol. The lowest BCUT2D eigenvalue weighted by Crippen LogP contribution is -2.04. The third-order valence-corrected chi connectivity index (χ3v) is 3.46. The van der Waals surface area contributed by atoms with Gasteiger partial charge in [0.15, 0.2) is 5.78 Å². The van der Waals surface area contributed by atoms with E-state index < -0.39 is 0 Å². The van der Waals surface area contributed by atoms with E-state index in [-0.39, 0.29) is 5.78 Å². The van der Waals surface area contributed by atoms with Gasteiger partial charge in [0, 0.05) is 28.9 Å². The van der Waals surface area contributed by atoms with Crippen LogP contribution in [0.15, 0.2) is 47.2 Å². The van der Waals surface area contributed by atoms with Crippen molar-refractivity contribution in [3.05, 3.63) is 63.9 Å². The maximum atomic E-state index is 12.2. The van der Waals surface area contributed by atoms with Crippen molar-refractivity contribution in [3.8, 4) is 0 Å². The van der Waals surface area contributed by atoms with Gasteiger partial charge in [-0.05, 0) is 39.0 Å². The zero-order chi connectivity index (χ0) is 13.8. The Labute approximate surface area is 122 Å². The molecule has 0 amide bonds. The van der Waals surface area contributed by atoms with E-state index in [2.05, 4.69) is 34.8 Å². The molecular formula is C16H16BrNO. The van der Waals surface area contributed by atoms with Gasteiger partial charge >= 0.3 is 0 Å². The molecule has 1 aromatic heterocycles. The average molecular weight is 318 g/mol. The number of carbonyl (C=O) groups is 1. The largest absolute Gasteiger partial charge is 0.294 e. The van der Waals surface area contributed by atoms with Crippen LogP contribution in [0.2, 0.25) is 0 Å². The van der Waals surface area contributed by atoms with Gasteiger partial charge in [0.2, 0.25) is 0 Å². The minimum atomic E-state index is 0.121. The lowest BCUT2D eigenvalue weighted by Gasteiger charge is -2.06. The highest BCUT2D eigenvalue weighted by molar-refractivity contribution is 9.10. The van der Waals surface area contributed by atoms with Crippen LogP contribution in [0.1, 0.15) is 41.3 Å². The number of pyridine rings is 1. The summed E-state index contributed by atoms with van der Waals surface area (Å²) in [6.07, 6.45) is 3.82. The zero-order valence-electron chi connectivity index (χ0n) is 11.1. The molecule has 1 heterocycles. The highest BCUT2D eigenvalue weighted by atomic mass is 79.9. The molecule has 1 aromatic carbocycles. The Bertz CT molecular complexity index is 576. The number of nitrogens with zero attached hydrogens (tertiary/aromatic N) is 1. The number of halogens is 1. The molecule has 0 saturated carbocycles. The molecule has 0 aliphatic heterocycles. The van der Waals surface area contributed by atoms with Crippen LogP contribution in [0.4, 0.5) is 0 Å². The molecular weight excluding hydrogens is 302 g/mol. The predicted octanol–water partition coefficient (Wildman–Crippen LogP) is 4.39. The van der Waals surface area contributed by atoms with Crippen molar-refractivity contribution in [1.29, 1.82) is 0 Å². The van der Waals surface area contributed by atoms with E-state index in [9.17, 15) is 4.79 Å². The molecule has 0 fully saturated rings. The molecule has 19 heavy (non-hydrogen) atoms. The van der Waals surface area contributed by atoms with Crippen LogP contribution in [0.5, 0.6) is 0 Å². The molecule has 2 aromatic rings. The third kappa shape index (κ3) is 3.74. The first-order valence-corrected chi connectivity index (χ1v) is 7.08. The minimum absolute atomic E-state index is 0.121. The number of hydrogen-bond donors (Lipinski definition) is 0. The van der Waals surface area contributed by atoms with Gasteiger partial charge in [-0.25, -0.2) is 0 Å². The summed E-state index contributed by atoms with van der Waals surface area (Å²) in [5, 5.41) is 0. The number of ketones is 1. The van der Waals surface area contributed by atoms with Crippen molar-refractivity contribution in [3.63, 3.8) is 0 Å². The zero-order valence-corrected chi connectivity index (χ0v) is 12.6. The van der Waals surface area contributed by atoms with E-state index in [0.717, 1.165) is 15.6 Å². The van der Waals surface area contributed by atoms with Crippen molar-refractivity contribution in [2.75, 3.05) is 0 Å². The third-order valence-electron chi connectivity index (χ3n) is 3.03. The molecule has 2 nitrogen and oxygen atoms in total. The Hall–Kier alpha value is -1.48. The topological polar surface area (TPSA) is 30.0 Å². The SMILES string of the molecule is CC(C)c1ccc(C(=O)Cc2cncc(Br)c2)cc1. The van der Waals surface area contributed by atoms with Gasteiger partial charge < -0.3 is 0 Å². The maximum Gasteiger partial charge on any atom is 0.167 e. The lowest BCUT2D eigenvalue weighted by molar-refractivity contribution is 0.0993. The van der Waals surface area contributed by atoms with Crippen LogP contribution in [0, 0.1) is 0 Å². The van der Waals surface area contributed by atoms with Crippen molar-refractivity contribution in [1.82, 2.24) is 4.98 Å². The fraction of sp³-hybridized carbons (Fsp3) is 0.250. The Kier molecular flexibility index (Phi) is 4.48. The van der Waals surface area contributed by atoms with E-state index >= 15 is 0 Å². The summed E-state index contributed by atoms with van der Waals surface area (Å²) in [6.45, 7) is 4.29. The van der Waals surface area contributed by atoms with Gasteiger partial charge in [-0.2, -0.15) is 0 Å². The Balaban J connectivity index is 2.11. The maximum absolute atomic E-state index is 12.2. The highest BCUT2D eigenvalue weighted by Gasteiger charge is 2.08. The summed E-state index contributed by atoms with van der Waals surface area (Å²) in [5.41, 5.74) is 2.93. The van der Waals surface area contributed by atoms with Crippen LogP contribution in [-0.4, -0.2) is 10.8 Å². The first-order chi connectivity index (χ1) is 9.06. The Morgan fingerprint density at radius 2 is 1.89 bits per heavy atom. The van der Waals surface area contributed by atoms with Crippen molar-refractivity contribution in [2.45, 2.75) is 26.2 Å². The number of hydrogen-bond acceptors (Lipinski definition) is 2. The van der Waals surface area contributed by atoms with Gasteiger partial charge in [0.25, 0.3) is 0 Å². The second-order valence-electron chi connectivity index (χ2n) is 4.89. The number of rotatable bonds is 4. The summed E-state index contributed by atoms with van der Waals surface area (Å²) in [7, 11) is 0. The fourth-order valence-corrected chi connectivity index (χ4v) is 2.31. The first-order valence-electron chi connectivity index (χ1n) is 6.29. The van der Waals surface area contributed by atoms with E-state index in [1.54, 1.807) is 12.4 Å². The molecule has 0 bridgehead atoms. The summed E-state index contributed by atoms with van der Waals surface area (Å²) < 4.78 is 0.896. The monoisotopic (exact) mass is 317 g/mol. The molecule has 0 radical (unpaired) electrons. The smallest absolute Gasteiger partial charge is 0.167 e. The fourth-order valence-electron chi connectivity index (χ4n) is 1.89. The van der Waals surface area contributed by atoms with Crippen molar-refractivity contribution in [2.24, 2.45) is 0 Å². The molecule has 0 spiro atoms. The highest BCUT2D eigenvalue weighted by Crippen LogP contribution is 2.16. The molecule has 2 rings (SSSR count). The van der Waals surface area contributed by atoms with Crippen LogP contribution in [0.3, 0.4) is 0 Å². The summed E-state index contributed by atoms with van der Waals surface area (Å²) in [4.78, 5) is 16.2. The molecule has 0 atom stereocenters. The number of Topliss-reactive ketones (excluding diaryl/α,β-unsaturated/α-hetero) is 1. The minimum Gasteiger partial charge on any atom is -0.294 e. The second-order valence-corrected chi connectivity index (χ2v) is 5.80. The number of benzene rings is 1. The molecule has 98 valence electrons. The summed E-state index contributed by atoms with van der Waals surface area (Å²) in [5.74, 6) is 0.605. The molecule has 0 saturated heterocycles. The van der Waals surface area contributed by atoms with Crippen LogP contribution in [0.25, 0.3) is 0 Å². The van der Waals surface area contributed by atoms with Crippen LogP contribution in [-0.2, 0) is 6.42 Å². The lowest BCUT2D eigenvalue weighted by atomic mass is 9.98. The molecule has 0 unspecified atom stereocenters. The van der Waals surface area contributed by atoms with Crippen LogP contribution >= 0.6 is 15.9 Å². The summed E-state index contributed by atoms with van der Waals surface area (Å²) in [6, 6.07) is 9.79. The number of aromatic nitrogens is 1. The van der Waals surface area contributed by atoms with Gasteiger partial charge in [0.05, 0.1) is 0 Å². The van der Waals surface area contributed by atoms with E-state index in [0.29, 0.717) is 12.3 Å². The second kappa shape index (κ2) is 6.11. The quantitative estimate of drug-likeness (QED) is 0.783. The van der Waals surface area contributed by atoms with Gasteiger partial charge in [-0.15, -0.1) is 0 Å². The molecule has 0 aliphatic rings. The molecule has 0 N–H and O–H groups in total. The normalized spacial score (nSPS) is 10.7. The van der Waals surface area contributed by atoms with Gasteiger partial charge in [-0.3, -0.25) is 9.78 Å². The van der Waals surface area contributed by atoms with E-state index in [1.807, 2.05) is 30.3 Å². The van der Waals surface area contributed by atoms with Crippen molar-refractivity contribution < 1.29 is 4.79 Å². The first kappa shape index (κ1) is 13.9. The Morgan fingerprint density at radius 1 is 1.21 bits per heavy atom. The molecule has 3 heteroatoms. The average Bonchev–Trinajstić information content (AvgIpc) is 2.39. The van der Waals surface area contributed by atoms with Crippen molar-refractivity contribution >= 4 is 21.7 Å². The van der Waals surface area contributed by atoms with E-state index in [1.165, 1.54) is 5.56 Å². The Morgan fingerprint density at radius 3 is 2.47 bits per heavy atom. The van der Waals surface area contributed by atoms with Gasteiger partial charge in [-0.1, -0.05) is 38.1 Å². The molecule has 0 aliphatic carbocycles. The van der Waals surface area contributed by atoms with Crippen LogP contribution < -0.4 is 0 Å². The summed E-state index contributed by atoms with van der Waals surface area (Å²) >= 11 is 3.36. The number of carbonyl (C=O) groups excluding carboxylic acids is 1. The van der Waals surface area contributed by atoms with Gasteiger partial charge in [0.1, 0.15) is 0 Å². The van der Waals surface area contributed by atoms with E-state index in [4.69, 9.17) is 0 Å².